The van der Waals surface area contributed by atoms with Gasteiger partial charge in [-0.05, 0) is 26.8 Å². The number of rotatable bonds is 1. The van der Waals surface area contributed by atoms with Gasteiger partial charge in [0.2, 0.25) is 0 Å². The number of nitrogens with one attached hydrogen (secondary N) is 1. The Kier molecular flexibility index (Phi) is 9.33. The van der Waals surface area contributed by atoms with E-state index in [4.69, 9.17) is 0 Å². The van der Waals surface area contributed by atoms with Crippen LogP contribution in [-0.2, 0) is 7.05 Å². The van der Waals surface area contributed by atoms with E-state index >= 15 is 0 Å². The molecule has 0 aliphatic heterocycles. The molecule has 0 atom stereocenters. The minimum Gasteiger partial charge on any atom is -0.346 e. The zero-order chi connectivity index (χ0) is 14.1. The Morgan fingerprint density at radius 1 is 1.24 bits per heavy atom. The summed E-state index contributed by atoms with van der Waals surface area (Å²) in [6.07, 6.45) is 1.75. The maximum atomic E-state index is 11.5. The number of carbonyl (C=O) groups is 1. The van der Waals surface area contributed by atoms with Gasteiger partial charge in [-0.25, -0.2) is 0 Å². The van der Waals surface area contributed by atoms with Crippen LogP contribution in [0.3, 0.4) is 0 Å². The molecule has 17 heavy (non-hydrogen) atoms. The molecule has 4 nitrogen and oxygen atoms in total. The van der Waals surface area contributed by atoms with Gasteiger partial charge in [0.1, 0.15) is 5.69 Å². The SMILES string of the molecule is CC.CC.Cn1ccc(C(=O)NC(C)(C)C)n1. The monoisotopic (exact) mass is 241 g/mol. The van der Waals surface area contributed by atoms with Gasteiger partial charge < -0.3 is 5.32 Å². The molecule has 0 fully saturated rings. The van der Waals surface area contributed by atoms with Crippen molar-refractivity contribution in [3.05, 3.63) is 18.0 Å². The molecule has 1 aromatic heterocycles. The summed E-state index contributed by atoms with van der Waals surface area (Å²) < 4.78 is 1.61. The number of hydrogen-bond acceptors (Lipinski definition) is 2. The van der Waals surface area contributed by atoms with E-state index in [2.05, 4.69) is 10.4 Å². The molecule has 0 spiro atoms. The number of aromatic nitrogens is 2. The van der Waals surface area contributed by atoms with Gasteiger partial charge in [-0.3, -0.25) is 9.48 Å². The molecule has 0 saturated carbocycles. The van der Waals surface area contributed by atoms with Crippen molar-refractivity contribution in [2.45, 2.75) is 54.0 Å². The first-order valence-electron chi connectivity index (χ1n) is 6.21. The zero-order valence-electron chi connectivity index (χ0n) is 12.5. The van der Waals surface area contributed by atoms with Crippen LogP contribution in [0.25, 0.3) is 0 Å². The molecule has 100 valence electrons. The van der Waals surface area contributed by atoms with Crippen molar-refractivity contribution >= 4 is 5.91 Å². The molecule has 0 unspecified atom stereocenters. The van der Waals surface area contributed by atoms with E-state index in [0.717, 1.165) is 0 Å². The fraction of sp³-hybridized carbons (Fsp3) is 0.692. The first-order chi connectivity index (χ1) is 7.88. The first-order valence-corrected chi connectivity index (χ1v) is 6.21. The van der Waals surface area contributed by atoms with E-state index < -0.39 is 0 Å². The van der Waals surface area contributed by atoms with Gasteiger partial charge in [0.15, 0.2) is 0 Å². The average molecular weight is 241 g/mol. The Labute approximate surface area is 105 Å². The van der Waals surface area contributed by atoms with Gasteiger partial charge in [0.05, 0.1) is 0 Å². The largest absolute Gasteiger partial charge is 0.346 e. The fourth-order valence-corrected chi connectivity index (χ4v) is 0.941. The lowest BCUT2D eigenvalue weighted by Crippen LogP contribution is -2.40. The molecule has 1 amide bonds. The van der Waals surface area contributed by atoms with E-state index in [9.17, 15) is 4.79 Å². The summed E-state index contributed by atoms with van der Waals surface area (Å²) in [5.41, 5.74) is 0.242. The van der Waals surface area contributed by atoms with Crippen LogP contribution in [0.4, 0.5) is 0 Å². The van der Waals surface area contributed by atoms with Crippen molar-refractivity contribution < 1.29 is 4.79 Å². The van der Waals surface area contributed by atoms with E-state index in [1.165, 1.54) is 0 Å². The smallest absolute Gasteiger partial charge is 0.272 e. The lowest BCUT2D eigenvalue weighted by atomic mass is 10.1. The Hall–Kier alpha value is -1.32. The van der Waals surface area contributed by atoms with Crippen molar-refractivity contribution in [3.63, 3.8) is 0 Å². The molecule has 0 aromatic carbocycles. The standard InChI is InChI=1S/C9H15N3O.2C2H6/c1-9(2,3)10-8(13)7-5-6-12(4)11-7;2*1-2/h5-6H,1-4H3,(H,10,13);2*1-2H3. The number of hydrogen-bond donors (Lipinski definition) is 1. The number of carbonyl (C=O) groups excluding carboxylic acids is 1. The number of nitrogens with zero attached hydrogens (tertiary/aromatic N) is 2. The van der Waals surface area contributed by atoms with Crippen LogP contribution in [0.15, 0.2) is 12.3 Å². The molecule has 0 radical (unpaired) electrons. The highest BCUT2D eigenvalue weighted by Gasteiger charge is 2.16. The zero-order valence-corrected chi connectivity index (χ0v) is 12.5. The third-order valence-corrected chi connectivity index (χ3v) is 1.43. The summed E-state index contributed by atoms with van der Waals surface area (Å²) >= 11 is 0. The first kappa shape index (κ1) is 18.1. The molecule has 1 aromatic rings. The van der Waals surface area contributed by atoms with Crippen molar-refractivity contribution in [1.82, 2.24) is 15.1 Å². The molecule has 0 bridgehead atoms. The van der Waals surface area contributed by atoms with Crippen LogP contribution in [-0.4, -0.2) is 21.2 Å². The Balaban J connectivity index is 0. The fourth-order valence-electron chi connectivity index (χ4n) is 0.941. The van der Waals surface area contributed by atoms with Crippen LogP contribution in [0.2, 0.25) is 0 Å². The van der Waals surface area contributed by atoms with Crippen LogP contribution < -0.4 is 5.32 Å². The van der Waals surface area contributed by atoms with Crippen molar-refractivity contribution in [2.24, 2.45) is 7.05 Å². The van der Waals surface area contributed by atoms with Crippen LogP contribution in [0.1, 0.15) is 59.0 Å². The topological polar surface area (TPSA) is 46.9 Å². The minimum absolute atomic E-state index is 0.131. The van der Waals surface area contributed by atoms with Gasteiger partial charge in [0, 0.05) is 18.8 Å². The molecular weight excluding hydrogens is 214 g/mol. The van der Waals surface area contributed by atoms with E-state index in [0.29, 0.717) is 5.69 Å². The third-order valence-electron chi connectivity index (χ3n) is 1.43. The second kappa shape index (κ2) is 8.79. The predicted molar refractivity (Wildman–Crippen MR) is 73.1 cm³/mol. The van der Waals surface area contributed by atoms with E-state index in [1.807, 2.05) is 48.5 Å². The normalized spacial score (nSPS) is 9.41. The molecule has 0 saturated heterocycles. The van der Waals surface area contributed by atoms with Gasteiger partial charge in [0.25, 0.3) is 5.91 Å². The highest BCUT2D eigenvalue weighted by Crippen LogP contribution is 2.01. The van der Waals surface area contributed by atoms with E-state index in [-0.39, 0.29) is 11.4 Å². The van der Waals surface area contributed by atoms with Gasteiger partial charge >= 0.3 is 0 Å². The Morgan fingerprint density at radius 2 is 1.71 bits per heavy atom. The van der Waals surface area contributed by atoms with Crippen LogP contribution in [0.5, 0.6) is 0 Å². The molecule has 0 aliphatic carbocycles. The molecular formula is C13H27N3O. The lowest BCUT2D eigenvalue weighted by molar-refractivity contribution is 0.0913. The number of aryl methyl sites for hydroxylation is 1. The maximum Gasteiger partial charge on any atom is 0.272 e. The Morgan fingerprint density at radius 3 is 2.00 bits per heavy atom. The van der Waals surface area contributed by atoms with E-state index in [1.54, 1.807) is 24.0 Å². The van der Waals surface area contributed by atoms with Crippen LogP contribution >= 0.6 is 0 Å². The molecule has 4 heteroatoms. The molecule has 1 rings (SSSR count). The summed E-state index contributed by atoms with van der Waals surface area (Å²) in [7, 11) is 1.79. The molecule has 1 heterocycles. The van der Waals surface area contributed by atoms with Gasteiger partial charge in [-0.1, -0.05) is 27.7 Å². The second-order valence-corrected chi connectivity index (χ2v) is 4.08. The molecule has 1 N–H and O–H groups in total. The Bertz CT molecular complexity index is 311. The highest BCUT2D eigenvalue weighted by molar-refractivity contribution is 5.92. The van der Waals surface area contributed by atoms with Gasteiger partial charge in [-0.2, -0.15) is 5.10 Å². The maximum absolute atomic E-state index is 11.5. The highest BCUT2D eigenvalue weighted by atomic mass is 16.2. The summed E-state index contributed by atoms with van der Waals surface area (Å²) in [5.74, 6) is -0.131. The summed E-state index contributed by atoms with van der Waals surface area (Å²) in [5, 5.41) is 6.83. The van der Waals surface area contributed by atoms with Crippen molar-refractivity contribution in [3.8, 4) is 0 Å². The summed E-state index contributed by atoms with van der Waals surface area (Å²) in [6, 6.07) is 1.70. The summed E-state index contributed by atoms with van der Waals surface area (Å²) in [6.45, 7) is 13.8. The minimum atomic E-state index is -0.214. The van der Waals surface area contributed by atoms with Gasteiger partial charge in [-0.15, -0.1) is 0 Å². The predicted octanol–water partition coefficient (Wildman–Crippen LogP) is 3.00. The van der Waals surface area contributed by atoms with Crippen LogP contribution in [0, 0.1) is 0 Å². The summed E-state index contributed by atoms with van der Waals surface area (Å²) in [4.78, 5) is 11.5. The lowest BCUT2D eigenvalue weighted by Gasteiger charge is -2.19. The number of amides is 1. The van der Waals surface area contributed by atoms with Crippen molar-refractivity contribution in [1.29, 1.82) is 0 Å². The van der Waals surface area contributed by atoms with Crippen molar-refractivity contribution in [2.75, 3.05) is 0 Å². The quantitative estimate of drug-likeness (QED) is 0.821. The third kappa shape index (κ3) is 8.48. The molecule has 0 aliphatic rings. The second-order valence-electron chi connectivity index (χ2n) is 4.08. The average Bonchev–Trinajstić information content (AvgIpc) is 2.69.